The van der Waals surface area contributed by atoms with Gasteiger partial charge in [0.2, 0.25) is 0 Å². The summed E-state index contributed by atoms with van der Waals surface area (Å²) in [7, 11) is 0. The molecule has 0 aromatic carbocycles. The van der Waals surface area contributed by atoms with Gasteiger partial charge >= 0.3 is 0 Å². The van der Waals surface area contributed by atoms with Crippen LogP contribution in [0.2, 0.25) is 0 Å². The highest BCUT2D eigenvalue weighted by atomic mass is 79.9. The second-order valence-corrected chi connectivity index (χ2v) is 4.51. The van der Waals surface area contributed by atoms with E-state index < -0.39 is 0 Å². The van der Waals surface area contributed by atoms with E-state index in [4.69, 9.17) is 9.52 Å². The van der Waals surface area contributed by atoms with E-state index in [2.05, 4.69) is 15.9 Å². The van der Waals surface area contributed by atoms with E-state index in [0.717, 1.165) is 6.42 Å². The van der Waals surface area contributed by atoms with Crippen molar-refractivity contribution in [3.8, 4) is 0 Å². The molecule has 1 unspecified atom stereocenters. The molecule has 1 saturated heterocycles. The average Bonchev–Trinajstić information content (AvgIpc) is 2.84. The third-order valence-corrected chi connectivity index (χ3v) is 3.06. The van der Waals surface area contributed by atoms with Gasteiger partial charge in [0.25, 0.3) is 5.91 Å². The molecule has 1 aromatic heterocycles. The van der Waals surface area contributed by atoms with Gasteiger partial charge in [-0.15, -0.1) is 0 Å². The zero-order chi connectivity index (χ0) is 10.8. The summed E-state index contributed by atoms with van der Waals surface area (Å²) in [5.41, 5.74) is 0.556. The van der Waals surface area contributed by atoms with Gasteiger partial charge in [-0.05, 0) is 22.4 Å². The molecule has 5 heteroatoms. The van der Waals surface area contributed by atoms with Crippen LogP contribution in [0.3, 0.4) is 0 Å². The molecule has 0 bridgehead atoms. The Morgan fingerprint density at radius 2 is 2.53 bits per heavy atom. The number of amides is 1. The van der Waals surface area contributed by atoms with Gasteiger partial charge in [0.15, 0.2) is 4.67 Å². The molecule has 0 aliphatic carbocycles. The number of aliphatic hydroxyl groups is 1. The van der Waals surface area contributed by atoms with E-state index in [1.54, 1.807) is 11.0 Å². The molecule has 4 nitrogen and oxygen atoms in total. The predicted molar refractivity (Wildman–Crippen MR) is 57.5 cm³/mol. The monoisotopic (exact) mass is 273 g/mol. The first kappa shape index (κ1) is 10.7. The zero-order valence-electron chi connectivity index (χ0n) is 8.15. The van der Waals surface area contributed by atoms with E-state index in [9.17, 15) is 4.79 Å². The van der Waals surface area contributed by atoms with Crippen molar-refractivity contribution < 1.29 is 14.3 Å². The van der Waals surface area contributed by atoms with Crippen molar-refractivity contribution in [3.63, 3.8) is 0 Å². The third-order valence-electron chi connectivity index (χ3n) is 2.65. The van der Waals surface area contributed by atoms with Gasteiger partial charge in [0.1, 0.15) is 6.26 Å². The molecule has 2 heterocycles. The number of hydrogen-bond donors (Lipinski definition) is 1. The molecular weight excluding hydrogens is 262 g/mol. The Morgan fingerprint density at radius 3 is 3.07 bits per heavy atom. The molecular formula is C10H12BrNO3. The van der Waals surface area contributed by atoms with Crippen LogP contribution in [0.1, 0.15) is 16.8 Å². The minimum absolute atomic E-state index is 0.0274. The zero-order valence-corrected chi connectivity index (χ0v) is 9.74. The van der Waals surface area contributed by atoms with E-state index in [-0.39, 0.29) is 18.4 Å². The molecule has 0 saturated carbocycles. The number of nitrogens with zero attached hydrogens (tertiary/aromatic N) is 1. The number of furan rings is 1. The number of aliphatic hydroxyl groups excluding tert-OH is 1. The maximum atomic E-state index is 11.9. The Labute approximate surface area is 96.0 Å². The Balaban J connectivity index is 2.03. The van der Waals surface area contributed by atoms with E-state index in [1.165, 1.54) is 6.26 Å². The molecule has 82 valence electrons. The van der Waals surface area contributed by atoms with Crippen molar-refractivity contribution in [2.75, 3.05) is 19.7 Å². The Kier molecular flexibility index (Phi) is 3.11. The number of halogens is 1. The normalized spacial score (nSPS) is 20.9. The summed E-state index contributed by atoms with van der Waals surface area (Å²) < 4.78 is 5.58. The molecule has 2 rings (SSSR count). The lowest BCUT2D eigenvalue weighted by Gasteiger charge is -2.14. The van der Waals surface area contributed by atoms with Crippen LogP contribution in [0.4, 0.5) is 0 Å². The van der Waals surface area contributed by atoms with Gasteiger partial charge < -0.3 is 14.4 Å². The highest BCUT2D eigenvalue weighted by Gasteiger charge is 2.27. The topological polar surface area (TPSA) is 53.7 Å². The third kappa shape index (κ3) is 2.23. The number of hydrogen-bond acceptors (Lipinski definition) is 3. The van der Waals surface area contributed by atoms with Gasteiger partial charge in [-0.1, -0.05) is 0 Å². The number of carbonyl (C=O) groups is 1. The SMILES string of the molecule is O=C(c1coc(Br)c1)N1CCC(CO)C1. The van der Waals surface area contributed by atoms with Crippen LogP contribution in [0, 0.1) is 5.92 Å². The standard InChI is InChI=1S/C10H12BrNO3/c11-9-3-8(6-15-9)10(14)12-2-1-7(4-12)5-13/h3,6-7,13H,1-2,4-5H2. The largest absolute Gasteiger partial charge is 0.457 e. The van der Waals surface area contributed by atoms with Gasteiger partial charge in [-0.3, -0.25) is 4.79 Å². The van der Waals surface area contributed by atoms with Crippen LogP contribution < -0.4 is 0 Å². The maximum Gasteiger partial charge on any atom is 0.257 e. The van der Waals surface area contributed by atoms with Crippen molar-refractivity contribution in [3.05, 3.63) is 22.6 Å². The quantitative estimate of drug-likeness (QED) is 0.889. The number of carbonyl (C=O) groups excluding carboxylic acids is 1. The lowest BCUT2D eigenvalue weighted by atomic mass is 10.1. The summed E-state index contributed by atoms with van der Waals surface area (Å²) in [6.45, 7) is 1.50. The predicted octanol–water partition coefficient (Wildman–Crippen LogP) is 1.50. The minimum Gasteiger partial charge on any atom is -0.457 e. The highest BCUT2D eigenvalue weighted by molar-refractivity contribution is 9.10. The van der Waals surface area contributed by atoms with E-state index in [0.29, 0.717) is 23.3 Å². The molecule has 1 amide bonds. The van der Waals surface area contributed by atoms with Crippen LogP contribution in [-0.4, -0.2) is 35.6 Å². The molecule has 1 aliphatic heterocycles. The average molecular weight is 274 g/mol. The number of likely N-dealkylation sites (tertiary alicyclic amines) is 1. The van der Waals surface area contributed by atoms with Crippen molar-refractivity contribution >= 4 is 21.8 Å². The smallest absolute Gasteiger partial charge is 0.257 e. The van der Waals surface area contributed by atoms with Gasteiger partial charge in [-0.2, -0.15) is 0 Å². The van der Waals surface area contributed by atoms with Gasteiger partial charge in [0, 0.05) is 31.7 Å². The number of rotatable bonds is 2. The van der Waals surface area contributed by atoms with E-state index in [1.807, 2.05) is 0 Å². The summed E-state index contributed by atoms with van der Waals surface area (Å²) in [4.78, 5) is 13.6. The lowest BCUT2D eigenvalue weighted by Crippen LogP contribution is -2.28. The fourth-order valence-corrected chi connectivity index (χ4v) is 2.11. The Bertz CT molecular complexity index is 363. The van der Waals surface area contributed by atoms with Crippen LogP contribution in [0.15, 0.2) is 21.4 Å². The summed E-state index contributed by atoms with van der Waals surface area (Å²) in [6, 6.07) is 1.66. The Morgan fingerprint density at radius 1 is 1.73 bits per heavy atom. The second-order valence-electron chi connectivity index (χ2n) is 3.73. The molecule has 0 radical (unpaired) electrons. The van der Waals surface area contributed by atoms with Crippen LogP contribution in [0.25, 0.3) is 0 Å². The van der Waals surface area contributed by atoms with Crippen LogP contribution in [0.5, 0.6) is 0 Å². The first-order chi connectivity index (χ1) is 7.20. The van der Waals surface area contributed by atoms with Crippen molar-refractivity contribution in [1.82, 2.24) is 4.90 Å². The molecule has 1 atom stereocenters. The van der Waals surface area contributed by atoms with Crippen molar-refractivity contribution in [2.24, 2.45) is 5.92 Å². The fraction of sp³-hybridized carbons (Fsp3) is 0.500. The second kappa shape index (κ2) is 4.37. The fourth-order valence-electron chi connectivity index (χ4n) is 1.77. The molecule has 15 heavy (non-hydrogen) atoms. The van der Waals surface area contributed by atoms with Gasteiger partial charge in [-0.25, -0.2) is 0 Å². The first-order valence-corrected chi connectivity index (χ1v) is 5.64. The summed E-state index contributed by atoms with van der Waals surface area (Å²) >= 11 is 3.16. The van der Waals surface area contributed by atoms with Crippen LogP contribution in [-0.2, 0) is 0 Å². The molecule has 1 aliphatic rings. The Hall–Kier alpha value is -0.810. The minimum atomic E-state index is -0.0274. The summed E-state index contributed by atoms with van der Waals surface area (Å²) in [6.07, 6.45) is 2.32. The highest BCUT2D eigenvalue weighted by Crippen LogP contribution is 2.20. The summed E-state index contributed by atoms with van der Waals surface area (Å²) in [5, 5.41) is 8.98. The molecule has 1 fully saturated rings. The summed E-state index contributed by atoms with van der Waals surface area (Å²) in [5.74, 6) is 0.199. The lowest BCUT2D eigenvalue weighted by molar-refractivity contribution is 0.0781. The maximum absolute atomic E-state index is 11.9. The van der Waals surface area contributed by atoms with Crippen LogP contribution >= 0.6 is 15.9 Å². The molecule has 1 N–H and O–H groups in total. The molecule has 1 aromatic rings. The van der Waals surface area contributed by atoms with Crippen molar-refractivity contribution in [2.45, 2.75) is 6.42 Å². The van der Waals surface area contributed by atoms with Gasteiger partial charge in [0.05, 0.1) is 5.56 Å². The molecule has 0 spiro atoms. The van der Waals surface area contributed by atoms with Crippen molar-refractivity contribution in [1.29, 1.82) is 0 Å². The first-order valence-electron chi connectivity index (χ1n) is 4.85. The van der Waals surface area contributed by atoms with E-state index >= 15 is 0 Å².